The van der Waals surface area contributed by atoms with Crippen molar-refractivity contribution < 1.29 is 5.11 Å². The molecule has 0 aliphatic carbocycles. The van der Waals surface area contributed by atoms with Crippen LogP contribution in [0.5, 0.6) is 0 Å². The zero-order valence-corrected chi connectivity index (χ0v) is 6.06. The third kappa shape index (κ3) is 0.856. The molecule has 0 radical (unpaired) electrons. The summed E-state index contributed by atoms with van der Waals surface area (Å²) in [5.74, 6) is 0. The number of aliphatic hydroxyl groups is 1. The Labute approximate surface area is 60.8 Å². The smallest absolute Gasteiger partial charge is 0.0584 e. The van der Waals surface area contributed by atoms with Crippen molar-refractivity contribution in [2.24, 2.45) is 5.41 Å². The van der Waals surface area contributed by atoms with Crippen LogP contribution in [-0.4, -0.2) is 37.4 Å². The van der Waals surface area contributed by atoms with Gasteiger partial charge in [-0.15, -0.1) is 0 Å². The molecule has 0 bridgehead atoms. The minimum absolute atomic E-state index is 0.293. The maximum Gasteiger partial charge on any atom is 0.0584 e. The maximum atomic E-state index is 8.83. The number of hydrogen-bond donors (Lipinski definition) is 3. The highest BCUT2D eigenvalue weighted by molar-refractivity contribution is 5.01. The minimum Gasteiger partial charge on any atom is -0.395 e. The Bertz CT molecular complexity index is 134. The van der Waals surface area contributed by atoms with Crippen LogP contribution in [0.2, 0.25) is 0 Å². The van der Waals surface area contributed by atoms with Crippen LogP contribution in [0, 0.1) is 5.41 Å². The van der Waals surface area contributed by atoms with Gasteiger partial charge in [-0.1, -0.05) is 0 Å². The predicted molar refractivity (Wildman–Crippen MR) is 38.8 cm³/mol. The van der Waals surface area contributed by atoms with Gasteiger partial charge in [0.1, 0.15) is 0 Å². The number of nitrogens with one attached hydrogen (secondary N) is 2. The molecule has 2 fully saturated rings. The lowest BCUT2D eigenvalue weighted by Crippen LogP contribution is -2.54. The van der Waals surface area contributed by atoms with Crippen LogP contribution >= 0.6 is 0 Å². The second-order valence-corrected chi connectivity index (χ2v) is 3.57. The summed E-state index contributed by atoms with van der Waals surface area (Å²) in [6.45, 7) is 3.65. The molecule has 0 amide bonds. The Hall–Kier alpha value is -0.120. The van der Waals surface area contributed by atoms with Gasteiger partial charge < -0.3 is 15.7 Å². The molecule has 1 spiro atoms. The lowest BCUT2D eigenvalue weighted by atomic mass is 9.80. The fourth-order valence-corrected chi connectivity index (χ4v) is 1.90. The van der Waals surface area contributed by atoms with Gasteiger partial charge in [0.25, 0.3) is 0 Å². The monoisotopic (exact) mass is 142 g/mol. The molecule has 58 valence electrons. The Morgan fingerprint density at radius 2 is 2.20 bits per heavy atom. The van der Waals surface area contributed by atoms with Gasteiger partial charge in [-0.25, -0.2) is 0 Å². The Morgan fingerprint density at radius 1 is 1.40 bits per heavy atom. The molecule has 2 heterocycles. The lowest BCUT2D eigenvalue weighted by molar-refractivity contribution is 0.180. The van der Waals surface area contributed by atoms with Gasteiger partial charge in [-0.3, -0.25) is 0 Å². The first kappa shape index (κ1) is 6.58. The predicted octanol–water partition coefficient (Wildman–Crippen LogP) is -1.07. The maximum absolute atomic E-state index is 8.83. The molecular formula is C7H14N2O. The highest BCUT2D eigenvalue weighted by atomic mass is 16.3. The largest absolute Gasteiger partial charge is 0.395 e. The van der Waals surface area contributed by atoms with Gasteiger partial charge in [-0.2, -0.15) is 0 Å². The van der Waals surface area contributed by atoms with Crippen LogP contribution < -0.4 is 10.6 Å². The standard InChI is InChI=1S/C7H14N2O/c10-2-6-1-7(5-9-6)3-8-4-7/h6,8-10H,1-5H2. The van der Waals surface area contributed by atoms with Crippen molar-refractivity contribution in [2.75, 3.05) is 26.2 Å². The van der Waals surface area contributed by atoms with E-state index in [9.17, 15) is 0 Å². The quantitative estimate of drug-likeness (QED) is 0.437. The van der Waals surface area contributed by atoms with Gasteiger partial charge in [0, 0.05) is 31.1 Å². The van der Waals surface area contributed by atoms with E-state index >= 15 is 0 Å². The molecule has 0 aromatic heterocycles. The number of aliphatic hydroxyl groups excluding tert-OH is 1. The number of hydrogen-bond acceptors (Lipinski definition) is 3. The normalized spacial score (nSPS) is 36.3. The summed E-state index contributed by atoms with van der Waals surface area (Å²) >= 11 is 0. The molecule has 3 heteroatoms. The van der Waals surface area contributed by atoms with E-state index < -0.39 is 0 Å². The summed E-state index contributed by atoms with van der Waals surface area (Å²) < 4.78 is 0. The minimum atomic E-state index is 0.293. The average molecular weight is 142 g/mol. The van der Waals surface area contributed by atoms with Gasteiger partial charge in [-0.05, 0) is 6.42 Å². The van der Waals surface area contributed by atoms with Crippen molar-refractivity contribution in [3.05, 3.63) is 0 Å². The van der Waals surface area contributed by atoms with Crippen molar-refractivity contribution in [1.29, 1.82) is 0 Å². The van der Waals surface area contributed by atoms with E-state index in [0.29, 0.717) is 18.1 Å². The Balaban J connectivity index is 1.92. The van der Waals surface area contributed by atoms with E-state index in [1.807, 2.05) is 0 Å². The summed E-state index contributed by atoms with van der Waals surface area (Å²) in [6, 6.07) is 0.363. The van der Waals surface area contributed by atoms with Crippen LogP contribution in [0.1, 0.15) is 6.42 Å². The summed E-state index contributed by atoms with van der Waals surface area (Å²) in [5.41, 5.74) is 0.507. The second-order valence-electron chi connectivity index (χ2n) is 3.57. The zero-order valence-electron chi connectivity index (χ0n) is 6.06. The number of rotatable bonds is 1. The van der Waals surface area contributed by atoms with Gasteiger partial charge in [0.05, 0.1) is 6.61 Å². The van der Waals surface area contributed by atoms with Crippen LogP contribution in [0.25, 0.3) is 0 Å². The Kier molecular flexibility index (Phi) is 1.44. The zero-order chi connectivity index (χ0) is 7.03. The molecule has 2 aliphatic rings. The van der Waals surface area contributed by atoms with E-state index in [2.05, 4.69) is 10.6 Å². The molecule has 0 aromatic rings. The summed E-state index contributed by atoms with van der Waals surface area (Å²) in [7, 11) is 0. The molecule has 3 nitrogen and oxygen atoms in total. The molecule has 3 N–H and O–H groups in total. The van der Waals surface area contributed by atoms with Crippen molar-refractivity contribution in [2.45, 2.75) is 12.5 Å². The highest BCUT2D eigenvalue weighted by Gasteiger charge is 2.43. The van der Waals surface area contributed by atoms with E-state index in [-0.39, 0.29) is 0 Å². The van der Waals surface area contributed by atoms with Crippen LogP contribution in [0.4, 0.5) is 0 Å². The molecule has 2 rings (SSSR count). The van der Waals surface area contributed by atoms with Crippen molar-refractivity contribution in [3.8, 4) is 0 Å². The molecule has 0 saturated carbocycles. The van der Waals surface area contributed by atoms with Crippen molar-refractivity contribution in [3.63, 3.8) is 0 Å². The van der Waals surface area contributed by atoms with E-state index in [4.69, 9.17) is 5.11 Å². The van der Waals surface area contributed by atoms with E-state index in [0.717, 1.165) is 26.1 Å². The van der Waals surface area contributed by atoms with Crippen molar-refractivity contribution >= 4 is 0 Å². The first-order chi connectivity index (χ1) is 4.85. The van der Waals surface area contributed by atoms with Gasteiger partial charge in [0.15, 0.2) is 0 Å². The van der Waals surface area contributed by atoms with E-state index in [1.54, 1.807) is 0 Å². The highest BCUT2D eigenvalue weighted by Crippen LogP contribution is 2.32. The SMILES string of the molecule is OCC1CC2(CNC2)CN1. The van der Waals surface area contributed by atoms with Gasteiger partial charge in [0.2, 0.25) is 0 Å². The van der Waals surface area contributed by atoms with Crippen LogP contribution in [-0.2, 0) is 0 Å². The molecule has 0 aromatic carbocycles. The molecule has 2 aliphatic heterocycles. The van der Waals surface area contributed by atoms with E-state index in [1.165, 1.54) is 0 Å². The first-order valence-corrected chi connectivity index (χ1v) is 3.90. The molecule has 1 unspecified atom stereocenters. The molecule has 10 heavy (non-hydrogen) atoms. The first-order valence-electron chi connectivity index (χ1n) is 3.90. The van der Waals surface area contributed by atoms with Crippen LogP contribution in [0.3, 0.4) is 0 Å². The molecule has 2 saturated heterocycles. The third-order valence-corrected chi connectivity index (χ3v) is 2.67. The second kappa shape index (κ2) is 2.19. The topological polar surface area (TPSA) is 44.3 Å². The average Bonchev–Trinajstić information content (AvgIpc) is 2.29. The summed E-state index contributed by atoms with van der Waals surface area (Å²) in [6.07, 6.45) is 1.15. The summed E-state index contributed by atoms with van der Waals surface area (Å²) in [4.78, 5) is 0. The van der Waals surface area contributed by atoms with Gasteiger partial charge >= 0.3 is 0 Å². The van der Waals surface area contributed by atoms with Crippen LogP contribution in [0.15, 0.2) is 0 Å². The third-order valence-electron chi connectivity index (χ3n) is 2.67. The van der Waals surface area contributed by atoms with Crippen molar-refractivity contribution in [1.82, 2.24) is 10.6 Å². The fraction of sp³-hybridized carbons (Fsp3) is 1.00. The molecular weight excluding hydrogens is 128 g/mol. The lowest BCUT2D eigenvalue weighted by Gasteiger charge is -2.38. The summed E-state index contributed by atoms with van der Waals surface area (Å²) in [5, 5.41) is 15.4. The fourth-order valence-electron chi connectivity index (χ4n) is 1.90. The molecule has 1 atom stereocenters. The Morgan fingerprint density at radius 3 is 2.50 bits per heavy atom.